The number of aliphatic hydroxyl groups is 3. The van der Waals surface area contributed by atoms with Crippen molar-refractivity contribution in [3.63, 3.8) is 0 Å². The van der Waals surface area contributed by atoms with Gasteiger partial charge in [0.15, 0.2) is 0 Å². The molecule has 24 heteroatoms. The number of carboxylic acids is 1. The first kappa shape index (κ1) is 49.8. The number of β-amino-alcohol motifs (C(OH)–C–C–N with tert-alkyl or cyclic N) is 1. The molecule has 0 bridgehead atoms. The molecular weight excluding hydrogens is 849 g/mol. The third-order valence-corrected chi connectivity index (χ3v) is 12.2. The summed E-state index contributed by atoms with van der Waals surface area (Å²) in [5.74, 6) is -10.4. The predicted octanol–water partition coefficient (Wildman–Crippen LogP) is -4.73. The first-order valence-electron chi connectivity index (χ1n) is 20.3. The van der Waals surface area contributed by atoms with E-state index in [4.69, 9.17) is 11.5 Å². The summed E-state index contributed by atoms with van der Waals surface area (Å²) >= 11 is 0.972. The number of nitrogens with one attached hydrogen (secondary N) is 7. The number of benzene rings is 1. The molecule has 8 amide bonds. The Labute approximate surface area is 365 Å². The number of para-hydroxylation sites is 1. The maximum absolute atomic E-state index is 14.1. The molecule has 2 aromatic rings. The fourth-order valence-corrected chi connectivity index (χ4v) is 8.20. The predicted molar refractivity (Wildman–Crippen MR) is 224 cm³/mol. The molecular formula is C39H56N10O13S. The van der Waals surface area contributed by atoms with E-state index in [2.05, 4.69) is 36.9 Å². The van der Waals surface area contributed by atoms with Crippen molar-refractivity contribution >= 4 is 75.9 Å². The first-order valence-corrected chi connectivity index (χ1v) is 21.3. The van der Waals surface area contributed by atoms with E-state index in [0.717, 1.165) is 16.7 Å². The van der Waals surface area contributed by atoms with E-state index < -0.39 is 146 Å². The topological polar surface area (TPSA) is 378 Å². The standard InChI is InChI=1S/C39H56N10O13S/c1-4-17(2)32-36(59)43-12-29(54)44-25(34(57)46-24(11-28(40)53)38(60)49-14-19(51)9-26(49)39(61)62)16-63-37-21(20-7-5-6-8-22(20)47-37)10-23(33(56)42-13-30(55)48-32)45-35(58)31(41)18(3)27(52)15-50/h5-8,17-19,23-27,31-32,47,50-52H,4,9-16,41H2,1-3H3,(H2,40,53)(H,42,56)(H,43,59)(H,44,54)(H,45,58)(H,46,57)(H,48,55)(H,61,62)/t17-,18-,19+,23-,24-,25-,26-,27-,31-,32-/m0/s1. The van der Waals surface area contributed by atoms with Crippen LogP contribution in [0.25, 0.3) is 10.9 Å². The number of nitrogens with two attached hydrogens (primary N) is 2. The number of thioether (sulfide) groups is 1. The SMILES string of the molecule is CC[C@H](C)[C@@H]1NC(=O)CNC(=O)[C@@H](NC(=O)[C@@H](N)[C@@H](C)[C@@H](O)CO)Cc2c([nH]c3ccccc23)SC[C@@H](C(=O)N[C@@H](CC(N)=O)C(=O)N2C[C@H](O)C[C@H]2C(=O)O)NC(=O)CNC1=O. The number of aromatic nitrogens is 1. The van der Waals surface area contributed by atoms with Gasteiger partial charge < -0.3 is 73.7 Å². The van der Waals surface area contributed by atoms with Gasteiger partial charge in [0.2, 0.25) is 47.3 Å². The Morgan fingerprint density at radius 1 is 1.00 bits per heavy atom. The highest BCUT2D eigenvalue weighted by Gasteiger charge is 2.42. The van der Waals surface area contributed by atoms with Gasteiger partial charge in [0.05, 0.1) is 49.4 Å². The zero-order valence-corrected chi connectivity index (χ0v) is 35.7. The highest BCUT2D eigenvalue weighted by atomic mass is 32.2. The third-order valence-electron chi connectivity index (χ3n) is 11.1. The van der Waals surface area contributed by atoms with Crippen LogP contribution >= 0.6 is 11.8 Å². The van der Waals surface area contributed by atoms with Crippen molar-refractivity contribution in [3.8, 4) is 0 Å². The average molecular weight is 905 g/mol. The Balaban J connectivity index is 1.76. The highest BCUT2D eigenvalue weighted by Crippen LogP contribution is 2.32. The fourth-order valence-electron chi connectivity index (χ4n) is 7.08. The normalized spacial score (nSPS) is 24.1. The smallest absolute Gasteiger partial charge is 0.326 e. The molecule has 23 nitrogen and oxygen atoms in total. The molecule has 2 aliphatic heterocycles. The number of H-pyrrole nitrogens is 1. The van der Waals surface area contributed by atoms with Crippen LogP contribution in [0.2, 0.25) is 0 Å². The van der Waals surface area contributed by atoms with Crippen molar-refractivity contribution in [2.24, 2.45) is 23.3 Å². The molecule has 4 rings (SSSR count). The summed E-state index contributed by atoms with van der Waals surface area (Å²) in [7, 11) is 0. The molecule has 1 saturated heterocycles. The molecule has 0 spiro atoms. The van der Waals surface area contributed by atoms with Crippen LogP contribution in [0.3, 0.4) is 0 Å². The third kappa shape index (κ3) is 13.1. The number of aliphatic carboxylic acids is 1. The average Bonchev–Trinajstić information content (AvgIpc) is 3.82. The molecule has 0 aliphatic carbocycles. The minimum Gasteiger partial charge on any atom is -0.480 e. The van der Waals surface area contributed by atoms with Crippen LogP contribution in [0.5, 0.6) is 0 Å². The number of carbonyl (C=O) groups excluding carboxylic acids is 8. The first-order chi connectivity index (χ1) is 29.7. The zero-order valence-electron chi connectivity index (χ0n) is 34.9. The number of nitrogens with zero attached hydrogens (tertiary/aromatic N) is 1. The van der Waals surface area contributed by atoms with Crippen LogP contribution in [0.4, 0.5) is 0 Å². The molecule has 0 radical (unpaired) electrons. The maximum atomic E-state index is 14.1. The lowest BCUT2D eigenvalue weighted by molar-refractivity contribution is -0.149. The van der Waals surface area contributed by atoms with Gasteiger partial charge in [-0.05, 0) is 17.5 Å². The van der Waals surface area contributed by atoms with Gasteiger partial charge in [-0.25, -0.2) is 4.79 Å². The second-order valence-corrected chi connectivity index (χ2v) is 16.7. The van der Waals surface area contributed by atoms with Crippen LogP contribution in [-0.4, -0.2) is 164 Å². The van der Waals surface area contributed by atoms with Gasteiger partial charge in [-0.3, -0.25) is 38.4 Å². The van der Waals surface area contributed by atoms with E-state index in [1.54, 1.807) is 38.1 Å². The van der Waals surface area contributed by atoms with E-state index in [1.165, 1.54) is 6.92 Å². The largest absolute Gasteiger partial charge is 0.480 e. The van der Waals surface area contributed by atoms with Gasteiger partial charge in [0, 0.05) is 42.0 Å². The molecule has 0 unspecified atom stereocenters. The molecule has 15 N–H and O–H groups in total. The Morgan fingerprint density at radius 3 is 2.29 bits per heavy atom. The molecule has 1 fully saturated rings. The minimum absolute atomic E-state index is 0.252. The van der Waals surface area contributed by atoms with Crippen molar-refractivity contribution in [2.75, 3.05) is 32.0 Å². The number of carbonyl (C=O) groups is 9. The number of rotatable bonds is 13. The highest BCUT2D eigenvalue weighted by molar-refractivity contribution is 7.99. The van der Waals surface area contributed by atoms with Crippen molar-refractivity contribution < 1.29 is 63.6 Å². The number of carboxylic acid groups (broad SMARTS) is 1. The van der Waals surface area contributed by atoms with Gasteiger partial charge in [-0.15, -0.1) is 11.8 Å². The lowest BCUT2D eigenvalue weighted by Crippen LogP contribution is -2.58. The summed E-state index contributed by atoms with van der Waals surface area (Å²) < 4.78 is 0. The summed E-state index contributed by atoms with van der Waals surface area (Å²) in [6, 6.07) is -1.90. The Bertz CT molecular complexity index is 2050. The number of aromatic amines is 1. The summed E-state index contributed by atoms with van der Waals surface area (Å²) in [4.78, 5) is 123. The van der Waals surface area contributed by atoms with Crippen molar-refractivity contribution in [1.29, 1.82) is 0 Å². The number of amides is 8. The summed E-state index contributed by atoms with van der Waals surface area (Å²) in [6.45, 7) is 2.44. The quantitative estimate of drug-likeness (QED) is 0.0898. The van der Waals surface area contributed by atoms with Gasteiger partial charge in [0.1, 0.15) is 30.2 Å². The van der Waals surface area contributed by atoms with Crippen LogP contribution in [0.15, 0.2) is 29.3 Å². The summed E-state index contributed by atoms with van der Waals surface area (Å²) in [5, 5.41) is 55.4. The van der Waals surface area contributed by atoms with Gasteiger partial charge in [-0.1, -0.05) is 45.4 Å². The lowest BCUT2D eigenvalue weighted by Gasteiger charge is -2.28. The second-order valence-electron chi connectivity index (χ2n) is 15.6. The monoisotopic (exact) mass is 904 g/mol. The zero-order chi connectivity index (χ0) is 46.7. The van der Waals surface area contributed by atoms with E-state index >= 15 is 0 Å². The number of likely N-dealkylation sites (tertiary alicyclic amines) is 1. The van der Waals surface area contributed by atoms with Crippen molar-refractivity contribution in [2.45, 2.75) is 99.9 Å². The molecule has 346 valence electrons. The van der Waals surface area contributed by atoms with E-state index in [9.17, 15) is 63.6 Å². The van der Waals surface area contributed by atoms with Gasteiger partial charge >= 0.3 is 5.97 Å². The van der Waals surface area contributed by atoms with Crippen molar-refractivity contribution in [1.82, 2.24) is 41.8 Å². The summed E-state index contributed by atoms with van der Waals surface area (Å²) in [6.07, 6.45) is -3.51. The number of primary amides is 1. The van der Waals surface area contributed by atoms with E-state index in [0.29, 0.717) is 27.9 Å². The summed E-state index contributed by atoms with van der Waals surface area (Å²) in [5.41, 5.74) is 12.5. The Morgan fingerprint density at radius 2 is 1.65 bits per heavy atom. The van der Waals surface area contributed by atoms with Gasteiger partial charge in [0.25, 0.3) is 0 Å². The molecule has 2 aliphatic rings. The number of fused-ring (bicyclic) bond motifs is 3. The fraction of sp³-hybridized carbons (Fsp3) is 0.564. The molecule has 63 heavy (non-hydrogen) atoms. The van der Waals surface area contributed by atoms with Crippen LogP contribution in [0, 0.1) is 11.8 Å². The Kier molecular flexibility index (Phi) is 17.8. The number of aliphatic hydroxyl groups excluding tert-OH is 3. The van der Waals surface area contributed by atoms with Gasteiger partial charge in [-0.2, -0.15) is 0 Å². The van der Waals surface area contributed by atoms with Crippen LogP contribution in [0.1, 0.15) is 45.6 Å². The molecule has 3 heterocycles. The lowest BCUT2D eigenvalue weighted by atomic mass is 9.95. The minimum atomic E-state index is -1.73. The van der Waals surface area contributed by atoms with E-state index in [-0.39, 0.29) is 18.6 Å². The van der Waals surface area contributed by atoms with Crippen LogP contribution in [-0.2, 0) is 49.6 Å². The molecule has 0 saturated carbocycles. The van der Waals surface area contributed by atoms with E-state index in [1.807, 2.05) is 0 Å². The number of hydrogen-bond donors (Lipinski definition) is 13. The maximum Gasteiger partial charge on any atom is 0.326 e. The van der Waals surface area contributed by atoms with Crippen molar-refractivity contribution in [3.05, 3.63) is 29.8 Å². The second kappa shape index (κ2) is 22.5. The Hall–Kier alpha value is -5.82. The number of hydrogen-bond acceptors (Lipinski definition) is 14. The molecule has 1 aromatic carbocycles. The molecule has 10 atom stereocenters. The van der Waals surface area contributed by atoms with Crippen LogP contribution < -0.4 is 43.4 Å². The molecule has 1 aromatic heterocycles.